The van der Waals surface area contributed by atoms with Gasteiger partial charge < -0.3 is 9.64 Å². The van der Waals surface area contributed by atoms with Crippen molar-refractivity contribution in [2.45, 2.75) is 0 Å². The van der Waals surface area contributed by atoms with Gasteiger partial charge in [-0.3, -0.25) is 9.48 Å². The number of aryl methyl sites for hydroxylation is 1. The Morgan fingerprint density at radius 2 is 2.23 bits per heavy atom. The third-order valence-electron chi connectivity index (χ3n) is 3.30. The molecule has 2 rings (SSSR count). The van der Waals surface area contributed by atoms with E-state index in [0.717, 1.165) is 0 Å². The maximum atomic E-state index is 14.1. The van der Waals surface area contributed by atoms with E-state index in [1.54, 1.807) is 38.4 Å². The number of carbonyl (C=O) groups is 1. The maximum Gasteiger partial charge on any atom is 0.272 e. The van der Waals surface area contributed by atoms with Crippen molar-refractivity contribution in [1.82, 2.24) is 14.7 Å². The van der Waals surface area contributed by atoms with Gasteiger partial charge in [0.25, 0.3) is 5.91 Å². The van der Waals surface area contributed by atoms with E-state index < -0.39 is 5.82 Å². The maximum absolute atomic E-state index is 14.1. The first-order valence-electron chi connectivity index (χ1n) is 6.72. The Bertz CT molecular complexity index is 709. The van der Waals surface area contributed by atoms with Crippen LogP contribution in [-0.2, 0) is 7.05 Å². The van der Waals surface area contributed by atoms with Crippen LogP contribution in [-0.4, -0.2) is 41.3 Å². The lowest BCUT2D eigenvalue weighted by Crippen LogP contribution is -2.28. The van der Waals surface area contributed by atoms with Gasteiger partial charge in [-0.25, -0.2) is 4.39 Å². The highest BCUT2D eigenvalue weighted by Gasteiger charge is 2.19. The van der Waals surface area contributed by atoms with Gasteiger partial charge in [-0.2, -0.15) is 5.10 Å². The minimum absolute atomic E-state index is 0.199. The van der Waals surface area contributed by atoms with Crippen molar-refractivity contribution >= 4 is 5.91 Å². The lowest BCUT2D eigenvalue weighted by Gasteiger charge is -2.14. The van der Waals surface area contributed by atoms with Gasteiger partial charge in [0.2, 0.25) is 0 Å². The van der Waals surface area contributed by atoms with E-state index in [4.69, 9.17) is 4.74 Å². The molecule has 0 bridgehead atoms. The second-order valence-electron chi connectivity index (χ2n) is 4.86. The highest BCUT2D eigenvalue weighted by molar-refractivity contribution is 5.93. The molecule has 0 N–H and O–H groups in total. The predicted octanol–water partition coefficient (Wildman–Crippen LogP) is 2.49. The minimum Gasteiger partial charge on any atom is -0.497 e. The molecule has 116 valence electrons. The molecule has 0 radical (unpaired) electrons. The number of nitrogens with zero attached hydrogens (tertiary/aromatic N) is 3. The molecule has 6 heteroatoms. The topological polar surface area (TPSA) is 47.4 Å². The summed E-state index contributed by atoms with van der Waals surface area (Å²) in [6.07, 6.45) is 1.64. The zero-order valence-corrected chi connectivity index (χ0v) is 12.8. The van der Waals surface area contributed by atoms with E-state index >= 15 is 0 Å². The third kappa shape index (κ3) is 3.00. The van der Waals surface area contributed by atoms with E-state index in [0.29, 0.717) is 29.2 Å². The average molecular weight is 303 g/mol. The number of likely N-dealkylation sites (N-methyl/N-ethyl adjacent to an activating group) is 1. The molecule has 1 heterocycles. The average Bonchev–Trinajstić information content (AvgIpc) is 2.88. The van der Waals surface area contributed by atoms with Crippen LogP contribution < -0.4 is 4.74 Å². The van der Waals surface area contributed by atoms with E-state index in [1.165, 1.54) is 22.8 Å². The Labute approximate surface area is 128 Å². The molecule has 2 aromatic rings. The fraction of sp³-hybridized carbons (Fsp3) is 0.250. The highest BCUT2D eigenvalue weighted by Crippen LogP contribution is 2.26. The molecule has 1 aromatic heterocycles. The molecule has 0 aliphatic carbocycles. The van der Waals surface area contributed by atoms with Crippen molar-refractivity contribution in [3.63, 3.8) is 0 Å². The second kappa shape index (κ2) is 6.43. The van der Waals surface area contributed by atoms with Gasteiger partial charge in [-0.1, -0.05) is 6.08 Å². The molecule has 1 aromatic carbocycles. The van der Waals surface area contributed by atoms with Crippen molar-refractivity contribution in [2.24, 2.45) is 7.05 Å². The number of halogens is 1. The SMILES string of the molecule is C=CCN(C)C(=O)c1cc(-c2ccc(OC)cc2F)nn1C. The molecule has 0 aliphatic heterocycles. The van der Waals surface area contributed by atoms with E-state index in [2.05, 4.69) is 11.7 Å². The first kappa shape index (κ1) is 15.8. The fourth-order valence-electron chi connectivity index (χ4n) is 2.10. The smallest absolute Gasteiger partial charge is 0.272 e. The van der Waals surface area contributed by atoms with Crippen LogP contribution in [0.4, 0.5) is 4.39 Å². The first-order valence-corrected chi connectivity index (χ1v) is 6.72. The van der Waals surface area contributed by atoms with Crippen LogP contribution in [0.5, 0.6) is 5.75 Å². The lowest BCUT2D eigenvalue weighted by molar-refractivity contribution is 0.0799. The van der Waals surface area contributed by atoms with E-state index in [1.807, 2.05) is 0 Å². The Balaban J connectivity index is 2.37. The van der Waals surface area contributed by atoms with Crippen LogP contribution in [0, 0.1) is 5.82 Å². The summed E-state index contributed by atoms with van der Waals surface area (Å²) in [7, 11) is 4.80. The number of rotatable bonds is 5. The molecule has 0 atom stereocenters. The molecule has 0 fully saturated rings. The van der Waals surface area contributed by atoms with Gasteiger partial charge in [-0.15, -0.1) is 6.58 Å². The molecule has 1 amide bonds. The molecule has 0 saturated carbocycles. The van der Waals surface area contributed by atoms with Crippen molar-refractivity contribution in [3.8, 4) is 17.0 Å². The largest absolute Gasteiger partial charge is 0.497 e. The number of amides is 1. The monoisotopic (exact) mass is 303 g/mol. The van der Waals surface area contributed by atoms with Crippen LogP contribution in [0.2, 0.25) is 0 Å². The molecule has 5 nitrogen and oxygen atoms in total. The molecular formula is C16H18FN3O2. The van der Waals surface area contributed by atoms with Crippen molar-refractivity contribution in [3.05, 3.63) is 48.4 Å². The lowest BCUT2D eigenvalue weighted by atomic mass is 10.1. The summed E-state index contributed by atoms with van der Waals surface area (Å²) in [6.45, 7) is 4.03. The van der Waals surface area contributed by atoms with Gasteiger partial charge in [0.1, 0.15) is 17.3 Å². The second-order valence-corrected chi connectivity index (χ2v) is 4.86. The van der Waals surface area contributed by atoms with Crippen LogP contribution >= 0.6 is 0 Å². The van der Waals surface area contributed by atoms with Crippen LogP contribution in [0.1, 0.15) is 10.5 Å². The van der Waals surface area contributed by atoms with Crippen molar-refractivity contribution in [1.29, 1.82) is 0 Å². The molecule has 22 heavy (non-hydrogen) atoms. The van der Waals surface area contributed by atoms with Crippen LogP contribution in [0.25, 0.3) is 11.3 Å². The zero-order valence-electron chi connectivity index (χ0n) is 12.8. The quantitative estimate of drug-likeness (QED) is 0.797. The van der Waals surface area contributed by atoms with Gasteiger partial charge in [0, 0.05) is 32.3 Å². The first-order chi connectivity index (χ1) is 10.5. The molecule has 0 spiro atoms. The van der Waals surface area contributed by atoms with Crippen molar-refractivity contribution < 1.29 is 13.9 Å². The standard InChI is InChI=1S/C16H18FN3O2/c1-5-8-19(2)16(21)15-10-14(18-20(15)3)12-7-6-11(22-4)9-13(12)17/h5-7,9-10H,1,8H2,2-4H3. The summed E-state index contributed by atoms with van der Waals surface area (Å²) < 4.78 is 20.5. The summed E-state index contributed by atoms with van der Waals surface area (Å²) in [4.78, 5) is 13.8. The number of hydrogen-bond donors (Lipinski definition) is 0. The normalized spacial score (nSPS) is 10.4. The highest BCUT2D eigenvalue weighted by atomic mass is 19.1. The summed E-state index contributed by atoms with van der Waals surface area (Å²) >= 11 is 0. The minimum atomic E-state index is -0.448. The number of benzene rings is 1. The number of carbonyl (C=O) groups excluding carboxylic acids is 1. The van der Waals surface area contributed by atoms with Gasteiger partial charge >= 0.3 is 0 Å². The Hall–Kier alpha value is -2.63. The number of aromatic nitrogens is 2. The van der Waals surface area contributed by atoms with Crippen molar-refractivity contribution in [2.75, 3.05) is 20.7 Å². The molecule has 0 saturated heterocycles. The Morgan fingerprint density at radius 1 is 1.50 bits per heavy atom. The summed E-state index contributed by atoms with van der Waals surface area (Å²) in [5.74, 6) is -0.217. The van der Waals surface area contributed by atoms with Crippen LogP contribution in [0.3, 0.4) is 0 Å². The van der Waals surface area contributed by atoms with E-state index in [9.17, 15) is 9.18 Å². The number of hydrogen-bond acceptors (Lipinski definition) is 3. The summed E-state index contributed by atoms with van der Waals surface area (Å²) in [5.41, 5.74) is 1.11. The zero-order chi connectivity index (χ0) is 16.3. The van der Waals surface area contributed by atoms with Gasteiger partial charge in [0.05, 0.1) is 12.8 Å². The Kier molecular flexibility index (Phi) is 4.60. The molecule has 0 aliphatic rings. The fourth-order valence-corrected chi connectivity index (χ4v) is 2.10. The molecular weight excluding hydrogens is 285 g/mol. The van der Waals surface area contributed by atoms with Crippen LogP contribution in [0.15, 0.2) is 36.9 Å². The van der Waals surface area contributed by atoms with Gasteiger partial charge in [0.15, 0.2) is 0 Å². The number of methoxy groups -OCH3 is 1. The van der Waals surface area contributed by atoms with Gasteiger partial charge in [-0.05, 0) is 18.2 Å². The Morgan fingerprint density at radius 3 is 2.82 bits per heavy atom. The predicted molar refractivity (Wildman–Crippen MR) is 82.3 cm³/mol. The van der Waals surface area contributed by atoms with E-state index in [-0.39, 0.29) is 5.91 Å². The number of ether oxygens (including phenoxy) is 1. The molecule has 0 unspecified atom stereocenters. The summed E-state index contributed by atoms with van der Waals surface area (Å²) in [5, 5.41) is 4.22. The third-order valence-corrected chi connectivity index (χ3v) is 3.30. The summed E-state index contributed by atoms with van der Waals surface area (Å²) in [6, 6.07) is 6.10.